The van der Waals surface area contributed by atoms with Crippen molar-refractivity contribution in [1.82, 2.24) is 10.3 Å². The number of pyridine rings is 1. The molecule has 0 unspecified atom stereocenters. The Labute approximate surface area is 189 Å². The number of ether oxygens (including phenoxy) is 2. The Morgan fingerprint density at radius 2 is 2.10 bits per heavy atom. The number of nitrogens with zero attached hydrogens (tertiary/aromatic N) is 1. The van der Waals surface area contributed by atoms with Crippen LogP contribution in [0.25, 0.3) is 5.57 Å². The highest BCUT2D eigenvalue weighted by Gasteiger charge is 2.14. The lowest BCUT2D eigenvalue weighted by Crippen LogP contribution is -2.23. The fourth-order valence-corrected chi connectivity index (χ4v) is 4.13. The molecule has 1 aliphatic rings. The summed E-state index contributed by atoms with van der Waals surface area (Å²) in [5.74, 6) is 0.765. The molecule has 2 heterocycles. The van der Waals surface area contributed by atoms with Gasteiger partial charge in [0.15, 0.2) is 0 Å². The van der Waals surface area contributed by atoms with Crippen LogP contribution in [0.4, 0.5) is 5.82 Å². The van der Waals surface area contributed by atoms with Crippen molar-refractivity contribution in [3.8, 4) is 0 Å². The fourth-order valence-electron chi connectivity index (χ4n) is 3.30. The van der Waals surface area contributed by atoms with E-state index in [1.807, 2.05) is 31.5 Å². The van der Waals surface area contributed by atoms with E-state index in [4.69, 9.17) is 9.47 Å². The zero-order valence-electron chi connectivity index (χ0n) is 18.3. The molecule has 2 N–H and O–H groups in total. The number of thioether (sulfide) groups is 1. The Kier molecular flexibility index (Phi) is 8.76. The molecule has 2 aromatic rings. The summed E-state index contributed by atoms with van der Waals surface area (Å²) in [6.45, 7) is 12.3. The molecule has 0 spiro atoms. The second-order valence-corrected chi connectivity index (χ2v) is 8.53. The van der Waals surface area contributed by atoms with E-state index in [1.165, 1.54) is 5.56 Å². The van der Waals surface area contributed by atoms with Gasteiger partial charge in [-0.05, 0) is 60.2 Å². The third-order valence-corrected chi connectivity index (χ3v) is 6.03. The van der Waals surface area contributed by atoms with Gasteiger partial charge in [-0.2, -0.15) is 0 Å². The van der Waals surface area contributed by atoms with Crippen LogP contribution in [0.15, 0.2) is 71.9 Å². The number of hydrogen-bond acceptors (Lipinski definition) is 6. The molecule has 1 aliphatic heterocycles. The Morgan fingerprint density at radius 1 is 1.29 bits per heavy atom. The van der Waals surface area contributed by atoms with Gasteiger partial charge in [0, 0.05) is 37.6 Å². The fraction of sp³-hybridized carbons (Fsp3) is 0.320. The van der Waals surface area contributed by atoms with Crippen LogP contribution in [0.1, 0.15) is 29.5 Å². The summed E-state index contributed by atoms with van der Waals surface area (Å²) < 4.78 is 11.4. The van der Waals surface area contributed by atoms with Crippen molar-refractivity contribution >= 4 is 23.2 Å². The van der Waals surface area contributed by atoms with Crippen LogP contribution < -0.4 is 10.6 Å². The summed E-state index contributed by atoms with van der Waals surface area (Å²) in [5.41, 5.74) is 4.43. The Hall–Kier alpha value is -2.54. The number of aromatic nitrogens is 1. The summed E-state index contributed by atoms with van der Waals surface area (Å²) in [5, 5.41) is 7.20. The third kappa shape index (κ3) is 6.99. The molecule has 1 fully saturated rings. The van der Waals surface area contributed by atoms with Gasteiger partial charge in [0.05, 0.1) is 17.7 Å². The monoisotopic (exact) mass is 437 g/mol. The van der Waals surface area contributed by atoms with Crippen LogP contribution in [-0.4, -0.2) is 31.3 Å². The van der Waals surface area contributed by atoms with E-state index in [-0.39, 0.29) is 6.10 Å². The summed E-state index contributed by atoms with van der Waals surface area (Å²) in [6.07, 6.45) is 7.78. The van der Waals surface area contributed by atoms with Gasteiger partial charge in [-0.15, -0.1) is 0 Å². The molecule has 0 bridgehead atoms. The lowest BCUT2D eigenvalue weighted by Gasteiger charge is -2.22. The first-order valence-electron chi connectivity index (χ1n) is 10.5. The smallest absolute Gasteiger partial charge is 0.131 e. The molecule has 3 rings (SSSR count). The van der Waals surface area contributed by atoms with Gasteiger partial charge in [0.25, 0.3) is 0 Å². The lowest BCUT2D eigenvalue weighted by atomic mass is 10.1. The second kappa shape index (κ2) is 11.7. The molecule has 164 valence electrons. The minimum Gasteiger partial charge on any atom is -0.393 e. The van der Waals surface area contributed by atoms with E-state index in [0.717, 1.165) is 58.5 Å². The highest BCUT2D eigenvalue weighted by Crippen LogP contribution is 2.31. The van der Waals surface area contributed by atoms with Gasteiger partial charge in [-0.3, -0.25) is 0 Å². The number of aryl methyl sites for hydroxylation is 1. The van der Waals surface area contributed by atoms with Gasteiger partial charge >= 0.3 is 0 Å². The predicted molar refractivity (Wildman–Crippen MR) is 130 cm³/mol. The molecular formula is C25H31N3O2S. The molecule has 0 radical (unpaired) electrons. The third-order valence-electron chi connectivity index (χ3n) is 5.02. The average molecular weight is 438 g/mol. The molecule has 6 heteroatoms. The predicted octanol–water partition coefficient (Wildman–Crippen LogP) is 5.51. The summed E-state index contributed by atoms with van der Waals surface area (Å²) in [4.78, 5) is 5.57. The van der Waals surface area contributed by atoms with Gasteiger partial charge in [0.1, 0.15) is 5.82 Å². The van der Waals surface area contributed by atoms with Crippen LogP contribution in [0.2, 0.25) is 0 Å². The van der Waals surface area contributed by atoms with E-state index in [0.29, 0.717) is 6.61 Å². The summed E-state index contributed by atoms with van der Waals surface area (Å²) in [7, 11) is 1.88. The number of benzene rings is 1. The van der Waals surface area contributed by atoms with Crippen molar-refractivity contribution in [2.45, 2.75) is 37.4 Å². The molecule has 1 saturated heterocycles. The molecule has 5 nitrogen and oxygen atoms in total. The quantitative estimate of drug-likeness (QED) is 0.378. The molecule has 1 aromatic carbocycles. The van der Waals surface area contributed by atoms with Crippen LogP contribution in [0, 0.1) is 6.92 Å². The van der Waals surface area contributed by atoms with Crippen molar-refractivity contribution in [3.05, 3.63) is 83.7 Å². The number of allylic oxidation sites excluding steroid dienone is 2. The first-order valence-corrected chi connectivity index (χ1v) is 11.3. The van der Waals surface area contributed by atoms with E-state index in [1.54, 1.807) is 18.0 Å². The first kappa shape index (κ1) is 23.1. The molecule has 0 saturated carbocycles. The van der Waals surface area contributed by atoms with E-state index in [2.05, 4.69) is 53.9 Å². The lowest BCUT2D eigenvalue weighted by molar-refractivity contribution is -0.0390. The minimum absolute atomic E-state index is 0.275. The van der Waals surface area contributed by atoms with Crippen molar-refractivity contribution in [1.29, 1.82) is 0 Å². The number of hydrogen-bond donors (Lipinski definition) is 2. The van der Waals surface area contributed by atoms with Crippen molar-refractivity contribution < 1.29 is 9.47 Å². The van der Waals surface area contributed by atoms with Crippen LogP contribution >= 0.6 is 11.8 Å². The highest BCUT2D eigenvalue weighted by molar-refractivity contribution is 8.03. The molecule has 0 amide bonds. The standard InChI is InChI=1S/C25H31N3O2S/c1-5-21(16-26-4)22-7-6-18(2)24(15-22)31-19(3)28-25-14-20(8-11-27-25)17-30-23-9-12-29-13-10-23/h5-8,11,14-16,23,26H,1,3,9-10,12-13,17H2,2,4H3,(H,27,28)/b21-16+. The number of rotatable bonds is 10. The molecule has 31 heavy (non-hydrogen) atoms. The topological polar surface area (TPSA) is 55.4 Å². The molecule has 0 atom stereocenters. The van der Waals surface area contributed by atoms with Crippen molar-refractivity contribution in [2.24, 2.45) is 0 Å². The van der Waals surface area contributed by atoms with Gasteiger partial charge in [0.2, 0.25) is 0 Å². The molecule has 1 aromatic heterocycles. The van der Waals surface area contributed by atoms with Crippen molar-refractivity contribution in [2.75, 3.05) is 25.6 Å². The molecule has 0 aliphatic carbocycles. The van der Waals surface area contributed by atoms with E-state index >= 15 is 0 Å². The normalized spacial score (nSPS) is 14.8. The Morgan fingerprint density at radius 3 is 2.84 bits per heavy atom. The molecular weight excluding hydrogens is 406 g/mol. The SMILES string of the molecule is C=C/C(=C\NC)c1ccc(C)c(SC(=C)Nc2cc(COC3CCOCC3)ccn2)c1. The maximum absolute atomic E-state index is 6.02. The van der Waals surface area contributed by atoms with Crippen LogP contribution in [-0.2, 0) is 16.1 Å². The van der Waals surface area contributed by atoms with E-state index in [9.17, 15) is 0 Å². The largest absolute Gasteiger partial charge is 0.393 e. The Balaban J connectivity index is 1.61. The maximum atomic E-state index is 6.02. The van der Waals surface area contributed by atoms with Crippen molar-refractivity contribution in [3.63, 3.8) is 0 Å². The Bertz CT molecular complexity index is 936. The summed E-state index contributed by atoms with van der Waals surface area (Å²) >= 11 is 1.59. The highest BCUT2D eigenvalue weighted by atomic mass is 32.2. The average Bonchev–Trinajstić information content (AvgIpc) is 2.78. The summed E-state index contributed by atoms with van der Waals surface area (Å²) in [6, 6.07) is 10.4. The maximum Gasteiger partial charge on any atom is 0.131 e. The zero-order chi connectivity index (χ0) is 22.1. The second-order valence-electron chi connectivity index (χ2n) is 7.40. The number of anilines is 1. The first-order chi connectivity index (χ1) is 15.1. The van der Waals surface area contributed by atoms with Gasteiger partial charge < -0.3 is 20.1 Å². The number of nitrogens with one attached hydrogen (secondary N) is 2. The minimum atomic E-state index is 0.275. The van der Waals surface area contributed by atoms with Crippen LogP contribution in [0.3, 0.4) is 0 Å². The van der Waals surface area contributed by atoms with Crippen LogP contribution in [0.5, 0.6) is 0 Å². The van der Waals surface area contributed by atoms with E-state index < -0.39 is 0 Å². The zero-order valence-corrected chi connectivity index (χ0v) is 19.1. The van der Waals surface area contributed by atoms with Gasteiger partial charge in [-0.1, -0.05) is 43.1 Å². The van der Waals surface area contributed by atoms with Gasteiger partial charge in [-0.25, -0.2) is 4.98 Å².